The van der Waals surface area contributed by atoms with E-state index < -0.39 is 0 Å². The van der Waals surface area contributed by atoms with Crippen LogP contribution in [0.5, 0.6) is 0 Å². The van der Waals surface area contributed by atoms with Gasteiger partial charge in [-0.15, -0.1) is 0 Å². The van der Waals surface area contributed by atoms with E-state index in [-0.39, 0.29) is 5.91 Å². The Hall–Kier alpha value is -1.36. The minimum Gasteiger partial charge on any atom is -0.343 e. The van der Waals surface area contributed by atoms with Crippen LogP contribution in [0.3, 0.4) is 0 Å². The van der Waals surface area contributed by atoms with Crippen LogP contribution in [-0.4, -0.2) is 41.6 Å². The van der Waals surface area contributed by atoms with Gasteiger partial charge in [-0.25, -0.2) is 0 Å². The zero-order valence-corrected chi connectivity index (χ0v) is 9.08. The van der Waals surface area contributed by atoms with Crippen LogP contribution in [0.15, 0.2) is 6.07 Å². The van der Waals surface area contributed by atoms with E-state index in [1.165, 1.54) is 11.3 Å². The standard InChI is InChI=1S/C10H16N4O/c1-14(2)10(15)9-6-8(12-13-9)7-4-3-5-11-7/h6-7,11H,3-5H2,1-2H3,(H,12,13)/t7-/m0/s1. The van der Waals surface area contributed by atoms with E-state index >= 15 is 0 Å². The van der Waals surface area contributed by atoms with Gasteiger partial charge in [-0.3, -0.25) is 9.89 Å². The molecule has 0 unspecified atom stereocenters. The van der Waals surface area contributed by atoms with Crippen molar-refractivity contribution in [2.45, 2.75) is 18.9 Å². The molecule has 0 aromatic carbocycles. The largest absolute Gasteiger partial charge is 0.343 e. The van der Waals surface area contributed by atoms with Gasteiger partial charge in [0.05, 0.1) is 5.69 Å². The SMILES string of the molecule is CN(C)C(=O)c1cc([C@@H]2CCCN2)[nH]n1. The number of nitrogens with zero attached hydrogens (tertiary/aromatic N) is 2. The summed E-state index contributed by atoms with van der Waals surface area (Å²) in [4.78, 5) is 13.1. The molecule has 0 radical (unpaired) electrons. The molecule has 82 valence electrons. The van der Waals surface area contributed by atoms with Gasteiger partial charge < -0.3 is 10.2 Å². The van der Waals surface area contributed by atoms with E-state index in [0.29, 0.717) is 11.7 Å². The Morgan fingerprint density at radius 3 is 3.00 bits per heavy atom. The Morgan fingerprint density at radius 1 is 1.60 bits per heavy atom. The number of nitrogens with one attached hydrogen (secondary N) is 2. The van der Waals surface area contributed by atoms with Gasteiger partial charge in [0.15, 0.2) is 0 Å². The molecule has 15 heavy (non-hydrogen) atoms. The number of hydrogen-bond donors (Lipinski definition) is 2. The number of aromatic amines is 1. The summed E-state index contributed by atoms with van der Waals surface area (Å²) in [5.41, 5.74) is 1.50. The van der Waals surface area contributed by atoms with E-state index in [2.05, 4.69) is 15.5 Å². The first kappa shape index (κ1) is 10.2. The Balaban J connectivity index is 2.12. The van der Waals surface area contributed by atoms with Crippen molar-refractivity contribution in [3.63, 3.8) is 0 Å². The van der Waals surface area contributed by atoms with E-state index in [1.54, 1.807) is 14.1 Å². The van der Waals surface area contributed by atoms with Crippen molar-refractivity contribution in [3.05, 3.63) is 17.5 Å². The molecule has 1 atom stereocenters. The maximum atomic E-state index is 11.6. The number of carbonyl (C=O) groups is 1. The summed E-state index contributed by atoms with van der Waals surface area (Å²) in [5, 5.41) is 10.3. The van der Waals surface area contributed by atoms with Crippen molar-refractivity contribution in [2.24, 2.45) is 0 Å². The molecule has 0 aliphatic carbocycles. The summed E-state index contributed by atoms with van der Waals surface area (Å²) in [6, 6.07) is 2.17. The second-order valence-corrected chi connectivity index (χ2v) is 4.06. The molecule has 1 saturated heterocycles. The van der Waals surface area contributed by atoms with Crippen LogP contribution in [-0.2, 0) is 0 Å². The number of hydrogen-bond acceptors (Lipinski definition) is 3. The minimum absolute atomic E-state index is 0.0597. The number of rotatable bonds is 2. The van der Waals surface area contributed by atoms with Crippen molar-refractivity contribution < 1.29 is 4.79 Å². The fourth-order valence-electron chi connectivity index (χ4n) is 1.80. The lowest BCUT2D eigenvalue weighted by atomic mass is 10.1. The lowest BCUT2D eigenvalue weighted by molar-refractivity contribution is 0.0822. The van der Waals surface area contributed by atoms with Crippen LogP contribution in [0.4, 0.5) is 0 Å². The predicted octanol–water partition coefficient (Wildman–Crippen LogP) is 0.536. The van der Waals surface area contributed by atoms with Crippen LogP contribution in [0.25, 0.3) is 0 Å². The average molecular weight is 208 g/mol. The monoisotopic (exact) mass is 208 g/mol. The van der Waals surface area contributed by atoms with E-state index in [1.807, 2.05) is 6.07 Å². The van der Waals surface area contributed by atoms with Crippen LogP contribution in [0.2, 0.25) is 0 Å². The topological polar surface area (TPSA) is 61.0 Å². The highest BCUT2D eigenvalue weighted by molar-refractivity contribution is 5.91. The molecule has 5 heteroatoms. The molecule has 2 N–H and O–H groups in total. The summed E-state index contributed by atoms with van der Waals surface area (Å²) in [6.45, 7) is 1.04. The molecule has 1 aliphatic heterocycles. The smallest absolute Gasteiger partial charge is 0.273 e. The maximum Gasteiger partial charge on any atom is 0.273 e. The summed E-state index contributed by atoms with van der Waals surface area (Å²) in [5.74, 6) is -0.0597. The normalized spacial score (nSPS) is 20.5. The van der Waals surface area contributed by atoms with Gasteiger partial charge in [-0.1, -0.05) is 0 Å². The Bertz CT molecular complexity index is 352. The highest BCUT2D eigenvalue weighted by atomic mass is 16.2. The molecule has 2 rings (SSSR count). The van der Waals surface area contributed by atoms with Gasteiger partial charge in [-0.05, 0) is 25.5 Å². The lowest BCUT2D eigenvalue weighted by Gasteiger charge is -2.07. The first-order chi connectivity index (χ1) is 7.18. The van der Waals surface area contributed by atoms with Crippen LogP contribution < -0.4 is 5.32 Å². The number of amides is 1. The molecular weight excluding hydrogens is 192 g/mol. The van der Waals surface area contributed by atoms with Crippen molar-refractivity contribution in [1.82, 2.24) is 20.4 Å². The molecule has 5 nitrogen and oxygen atoms in total. The number of H-pyrrole nitrogens is 1. The molecule has 1 amide bonds. The Morgan fingerprint density at radius 2 is 2.40 bits per heavy atom. The summed E-state index contributed by atoms with van der Waals surface area (Å²) < 4.78 is 0. The van der Waals surface area contributed by atoms with Crippen LogP contribution >= 0.6 is 0 Å². The zero-order chi connectivity index (χ0) is 10.8. The van der Waals surface area contributed by atoms with Gasteiger partial charge in [0.1, 0.15) is 5.69 Å². The third kappa shape index (κ3) is 2.02. The maximum absolute atomic E-state index is 11.6. The van der Waals surface area contributed by atoms with Gasteiger partial charge >= 0.3 is 0 Å². The second-order valence-electron chi connectivity index (χ2n) is 4.06. The predicted molar refractivity (Wildman–Crippen MR) is 56.6 cm³/mol. The van der Waals surface area contributed by atoms with Crippen molar-refractivity contribution in [1.29, 1.82) is 0 Å². The third-order valence-electron chi connectivity index (χ3n) is 2.66. The molecule has 0 saturated carbocycles. The number of aromatic nitrogens is 2. The van der Waals surface area contributed by atoms with Gasteiger partial charge in [0, 0.05) is 20.1 Å². The molecule has 2 heterocycles. The Kier molecular flexibility index (Phi) is 2.73. The molecule has 0 spiro atoms. The van der Waals surface area contributed by atoms with E-state index in [9.17, 15) is 4.79 Å². The molecule has 1 aromatic rings. The highest BCUT2D eigenvalue weighted by Crippen LogP contribution is 2.21. The quantitative estimate of drug-likeness (QED) is 0.745. The average Bonchev–Trinajstić information content (AvgIpc) is 2.86. The summed E-state index contributed by atoms with van der Waals surface area (Å²) in [6.07, 6.45) is 2.29. The molecule has 1 aliphatic rings. The van der Waals surface area contributed by atoms with Crippen molar-refractivity contribution >= 4 is 5.91 Å². The summed E-state index contributed by atoms with van der Waals surface area (Å²) in [7, 11) is 3.45. The first-order valence-electron chi connectivity index (χ1n) is 5.19. The highest BCUT2D eigenvalue weighted by Gasteiger charge is 2.20. The minimum atomic E-state index is -0.0597. The van der Waals surface area contributed by atoms with Crippen molar-refractivity contribution in [2.75, 3.05) is 20.6 Å². The third-order valence-corrected chi connectivity index (χ3v) is 2.66. The lowest BCUT2D eigenvalue weighted by Crippen LogP contribution is -2.21. The van der Waals surface area contributed by atoms with Gasteiger partial charge in [0.2, 0.25) is 0 Å². The molecular formula is C10H16N4O. The van der Waals surface area contributed by atoms with Crippen molar-refractivity contribution in [3.8, 4) is 0 Å². The van der Waals surface area contributed by atoms with E-state index in [4.69, 9.17) is 0 Å². The fraction of sp³-hybridized carbons (Fsp3) is 0.600. The van der Waals surface area contributed by atoms with Crippen LogP contribution in [0, 0.1) is 0 Å². The first-order valence-corrected chi connectivity index (χ1v) is 5.19. The molecule has 1 fully saturated rings. The number of carbonyl (C=O) groups excluding carboxylic acids is 1. The van der Waals surface area contributed by atoms with Crippen LogP contribution in [0.1, 0.15) is 35.1 Å². The van der Waals surface area contributed by atoms with Gasteiger partial charge in [0.25, 0.3) is 5.91 Å². The second kappa shape index (κ2) is 4.02. The fourth-order valence-corrected chi connectivity index (χ4v) is 1.80. The molecule has 0 bridgehead atoms. The zero-order valence-electron chi connectivity index (χ0n) is 9.08. The Labute approximate surface area is 88.8 Å². The molecule has 1 aromatic heterocycles. The summed E-state index contributed by atoms with van der Waals surface area (Å²) >= 11 is 0. The van der Waals surface area contributed by atoms with Gasteiger partial charge in [-0.2, -0.15) is 5.10 Å². The van der Waals surface area contributed by atoms with E-state index in [0.717, 1.165) is 18.7 Å².